The lowest BCUT2D eigenvalue weighted by Crippen LogP contribution is -2.26. The first-order chi connectivity index (χ1) is 9.08. The van der Waals surface area contributed by atoms with Gasteiger partial charge in [0.15, 0.2) is 0 Å². The van der Waals surface area contributed by atoms with Gasteiger partial charge >= 0.3 is 0 Å². The second-order valence-electron chi connectivity index (χ2n) is 4.85. The zero-order chi connectivity index (χ0) is 13.5. The molecular weight excluding hydrogens is 262 g/mol. The predicted octanol–water partition coefficient (Wildman–Crippen LogP) is 1.51. The molecule has 19 heavy (non-hydrogen) atoms. The van der Waals surface area contributed by atoms with Crippen LogP contribution in [0.15, 0.2) is 35.4 Å². The minimum atomic E-state index is -3.53. The zero-order valence-corrected chi connectivity index (χ0v) is 11.2. The molecular formula is C13H15N3O2S. The fraction of sp³-hybridized carbons (Fsp3) is 0.308. The Kier molecular flexibility index (Phi) is 2.91. The molecule has 0 unspecified atom stereocenters. The smallest absolute Gasteiger partial charge is 0.242 e. The van der Waals surface area contributed by atoms with Gasteiger partial charge in [0.25, 0.3) is 0 Å². The highest BCUT2D eigenvalue weighted by molar-refractivity contribution is 7.89. The van der Waals surface area contributed by atoms with Crippen molar-refractivity contribution in [3.8, 4) is 0 Å². The minimum Gasteiger partial charge on any atom is -0.398 e. The summed E-state index contributed by atoms with van der Waals surface area (Å²) < 4.78 is 27.2. The van der Waals surface area contributed by atoms with Gasteiger partial charge in [0.1, 0.15) is 4.90 Å². The molecule has 1 saturated carbocycles. The van der Waals surface area contributed by atoms with Crippen LogP contribution in [0.2, 0.25) is 0 Å². The molecule has 3 rings (SSSR count). The average molecular weight is 277 g/mol. The highest BCUT2D eigenvalue weighted by Gasteiger charge is 2.25. The number of pyridine rings is 1. The molecule has 1 aromatic carbocycles. The Labute approximate surface area is 111 Å². The van der Waals surface area contributed by atoms with Crippen LogP contribution in [0.5, 0.6) is 0 Å². The van der Waals surface area contributed by atoms with Crippen LogP contribution >= 0.6 is 0 Å². The summed E-state index contributed by atoms with van der Waals surface area (Å²) in [7, 11) is -3.53. The Morgan fingerprint density at radius 2 is 2.11 bits per heavy atom. The molecule has 0 bridgehead atoms. The lowest BCUT2D eigenvalue weighted by Gasteiger charge is -2.09. The maximum atomic E-state index is 12.3. The molecule has 5 nitrogen and oxygen atoms in total. The molecule has 3 N–H and O–H groups in total. The van der Waals surface area contributed by atoms with Crippen molar-refractivity contribution in [1.29, 1.82) is 0 Å². The third kappa shape index (κ3) is 2.41. The van der Waals surface area contributed by atoms with Crippen LogP contribution in [-0.4, -0.2) is 19.9 Å². The van der Waals surface area contributed by atoms with Crippen LogP contribution in [-0.2, 0) is 10.0 Å². The third-order valence-electron chi connectivity index (χ3n) is 3.31. The first kappa shape index (κ1) is 12.4. The van der Waals surface area contributed by atoms with Crippen molar-refractivity contribution in [3.05, 3.63) is 30.5 Å². The van der Waals surface area contributed by atoms with Gasteiger partial charge in [0.2, 0.25) is 10.0 Å². The lowest BCUT2D eigenvalue weighted by molar-refractivity contribution is 0.578. The molecule has 0 radical (unpaired) electrons. The maximum absolute atomic E-state index is 12.3. The fourth-order valence-corrected chi connectivity index (χ4v) is 3.29. The van der Waals surface area contributed by atoms with Gasteiger partial charge in [0, 0.05) is 23.8 Å². The number of nitrogens with zero attached hydrogens (tertiary/aromatic N) is 1. The molecule has 6 heteroatoms. The normalized spacial score (nSPS) is 15.8. The van der Waals surface area contributed by atoms with E-state index in [9.17, 15) is 8.42 Å². The van der Waals surface area contributed by atoms with Crippen molar-refractivity contribution >= 4 is 26.6 Å². The summed E-state index contributed by atoms with van der Waals surface area (Å²) in [5, 5.41) is 0.664. The van der Waals surface area contributed by atoms with E-state index in [1.807, 2.05) is 0 Å². The van der Waals surface area contributed by atoms with E-state index in [2.05, 4.69) is 9.71 Å². The van der Waals surface area contributed by atoms with Crippen LogP contribution in [0.4, 0.5) is 5.69 Å². The van der Waals surface area contributed by atoms with Gasteiger partial charge in [-0.05, 0) is 43.0 Å². The monoisotopic (exact) mass is 277 g/mol. The van der Waals surface area contributed by atoms with Gasteiger partial charge in [0.05, 0.1) is 5.52 Å². The molecule has 100 valence electrons. The summed E-state index contributed by atoms with van der Waals surface area (Å²) in [6, 6.07) is 6.64. The van der Waals surface area contributed by atoms with E-state index in [0.29, 0.717) is 29.1 Å². The van der Waals surface area contributed by atoms with Gasteiger partial charge in [-0.1, -0.05) is 0 Å². The summed E-state index contributed by atoms with van der Waals surface area (Å²) in [6.45, 7) is 0.501. The van der Waals surface area contributed by atoms with E-state index in [4.69, 9.17) is 5.73 Å². The summed E-state index contributed by atoms with van der Waals surface area (Å²) in [5.41, 5.74) is 6.80. The summed E-state index contributed by atoms with van der Waals surface area (Å²) in [6.07, 6.45) is 3.77. The number of hydrogen-bond donors (Lipinski definition) is 2. The minimum absolute atomic E-state index is 0.193. The standard InChI is InChI=1S/C13H15N3O2S/c14-11-5-6-12(13-10(11)2-1-7-15-13)19(17,18)16-8-9-3-4-9/h1-2,5-7,9,16H,3-4,8,14H2. The molecule has 2 aromatic rings. The number of anilines is 1. The lowest BCUT2D eigenvalue weighted by atomic mass is 10.2. The number of rotatable bonds is 4. The van der Waals surface area contributed by atoms with E-state index in [1.165, 1.54) is 6.07 Å². The van der Waals surface area contributed by atoms with Gasteiger partial charge in [-0.15, -0.1) is 0 Å². The van der Waals surface area contributed by atoms with Crippen LogP contribution < -0.4 is 10.5 Å². The second kappa shape index (κ2) is 4.47. The van der Waals surface area contributed by atoms with Crippen molar-refractivity contribution < 1.29 is 8.42 Å². The second-order valence-corrected chi connectivity index (χ2v) is 6.58. The summed E-state index contributed by atoms with van der Waals surface area (Å²) >= 11 is 0. The Balaban J connectivity index is 2.06. The van der Waals surface area contributed by atoms with Crippen molar-refractivity contribution in [2.24, 2.45) is 5.92 Å². The van der Waals surface area contributed by atoms with E-state index < -0.39 is 10.0 Å². The van der Waals surface area contributed by atoms with E-state index >= 15 is 0 Å². The number of aromatic nitrogens is 1. The molecule has 1 fully saturated rings. The van der Waals surface area contributed by atoms with Crippen molar-refractivity contribution in [3.63, 3.8) is 0 Å². The largest absolute Gasteiger partial charge is 0.398 e. The Hall–Kier alpha value is -1.66. The number of nitrogens with one attached hydrogen (secondary N) is 1. The topological polar surface area (TPSA) is 85.1 Å². The zero-order valence-electron chi connectivity index (χ0n) is 10.3. The van der Waals surface area contributed by atoms with Crippen molar-refractivity contribution in [2.75, 3.05) is 12.3 Å². The number of sulfonamides is 1. The Morgan fingerprint density at radius 1 is 1.32 bits per heavy atom. The van der Waals surface area contributed by atoms with Crippen LogP contribution in [0.3, 0.4) is 0 Å². The van der Waals surface area contributed by atoms with Crippen LogP contribution in [0.1, 0.15) is 12.8 Å². The van der Waals surface area contributed by atoms with Crippen molar-refractivity contribution in [2.45, 2.75) is 17.7 Å². The molecule has 1 aliphatic carbocycles. The highest BCUT2D eigenvalue weighted by Crippen LogP contribution is 2.29. The molecule has 0 atom stereocenters. The van der Waals surface area contributed by atoms with E-state index in [0.717, 1.165) is 12.8 Å². The summed E-state index contributed by atoms with van der Waals surface area (Å²) in [5.74, 6) is 0.489. The highest BCUT2D eigenvalue weighted by atomic mass is 32.2. The molecule has 1 heterocycles. The SMILES string of the molecule is Nc1ccc(S(=O)(=O)NCC2CC2)c2ncccc12. The van der Waals surface area contributed by atoms with E-state index in [1.54, 1.807) is 24.4 Å². The first-order valence-corrected chi connectivity index (χ1v) is 7.69. The first-order valence-electron chi connectivity index (χ1n) is 6.21. The van der Waals surface area contributed by atoms with E-state index in [-0.39, 0.29) is 4.90 Å². The molecule has 0 saturated heterocycles. The number of fused-ring (bicyclic) bond motifs is 1. The predicted molar refractivity (Wildman–Crippen MR) is 74.1 cm³/mol. The number of hydrogen-bond acceptors (Lipinski definition) is 4. The van der Waals surface area contributed by atoms with Crippen molar-refractivity contribution in [1.82, 2.24) is 9.71 Å². The molecule has 0 aliphatic heterocycles. The molecule has 0 amide bonds. The third-order valence-corrected chi connectivity index (χ3v) is 4.77. The van der Waals surface area contributed by atoms with Gasteiger partial charge in [-0.2, -0.15) is 0 Å². The number of benzene rings is 1. The summed E-state index contributed by atoms with van der Waals surface area (Å²) in [4.78, 5) is 4.34. The van der Waals surface area contributed by atoms with Crippen LogP contribution in [0, 0.1) is 5.92 Å². The maximum Gasteiger partial charge on any atom is 0.242 e. The Bertz CT molecular complexity index is 724. The van der Waals surface area contributed by atoms with Crippen LogP contribution in [0.25, 0.3) is 10.9 Å². The van der Waals surface area contributed by atoms with Gasteiger partial charge in [-0.25, -0.2) is 13.1 Å². The van der Waals surface area contributed by atoms with Gasteiger partial charge in [-0.3, -0.25) is 4.98 Å². The Morgan fingerprint density at radius 3 is 2.84 bits per heavy atom. The van der Waals surface area contributed by atoms with Gasteiger partial charge < -0.3 is 5.73 Å². The molecule has 1 aliphatic rings. The average Bonchev–Trinajstić information content (AvgIpc) is 3.21. The molecule has 0 spiro atoms. The number of nitrogens with two attached hydrogens (primary N) is 1. The number of nitrogen functional groups attached to an aromatic ring is 1. The molecule has 1 aromatic heterocycles. The fourth-order valence-electron chi connectivity index (χ4n) is 2.01. The quantitative estimate of drug-likeness (QED) is 0.829.